The van der Waals surface area contributed by atoms with Crippen LogP contribution >= 0.6 is 0 Å². The Labute approximate surface area is 107 Å². The molecule has 2 saturated heterocycles. The van der Waals surface area contributed by atoms with Gasteiger partial charge in [0.25, 0.3) is 0 Å². The lowest BCUT2D eigenvalue weighted by Gasteiger charge is -2.24. The Morgan fingerprint density at radius 1 is 1.44 bits per heavy atom. The predicted molar refractivity (Wildman–Crippen MR) is 67.0 cm³/mol. The fraction of sp³-hybridized carbons (Fsp3) is 0.909. The number of sulfone groups is 1. The SMILES string of the molecule is O=C(CC1CCS(=O)(=O)C1)NCC1COCCN1. The summed E-state index contributed by atoms with van der Waals surface area (Å²) in [5, 5.41) is 6.08. The molecule has 0 bridgehead atoms. The van der Waals surface area contributed by atoms with Gasteiger partial charge in [-0.2, -0.15) is 0 Å². The van der Waals surface area contributed by atoms with Crippen LogP contribution in [0.3, 0.4) is 0 Å². The van der Waals surface area contributed by atoms with Gasteiger partial charge in [0.15, 0.2) is 9.84 Å². The highest BCUT2D eigenvalue weighted by molar-refractivity contribution is 7.91. The summed E-state index contributed by atoms with van der Waals surface area (Å²) in [5.74, 6) is 0.309. The Morgan fingerprint density at radius 3 is 2.89 bits per heavy atom. The molecule has 6 nitrogen and oxygen atoms in total. The molecule has 0 aromatic heterocycles. The van der Waals surface area contributed by atoms with E-state index in [2.05, 4.69) is 10.6 Å². The summed E-state index contributed by atoms with van der Waals surface area (Å²) in [7, 11) is -2.89. The maximum atomic E-state index is 11.7. The van der Waals surface area contributed by atoms with Crippen LogP contribution in [0.2, 0.25) is 0 Å². The van der Waals surface area contributed by atoms with E-state index in [1.165, 1.54) is 0 Å². The summed E-state index contributed by atoms with van der Waals surface area (Å²) in [6.07, 6.45) is 0.924. The Bertz CT molecular complexity index is 390. The maximum Gasteiger partial charge on any atom is 0.220 e. The van der Waals surface area contributed by atoms with Crippen molar-refractivity contribution in [1.29, 1.82) is 0 Å². The number of morpholine rings is 1. The average molecular weight is 276 g/mol. The van der Waals surface area contributed by atoms with Crippen molar-refractivity contribution in [3.63, 3.8) is 0 Å². The largest absolute Gasteiger partial charge is 0.378 e. The van der Waals surface area contributed by atoms with Gasteiger partial charge in [-0.05, 0) is 12.3 Å². The number of rotatable bonds is 4. The number of hydrogen-bond donors (Lipinski definition) is 2. The van der Waals surface area contributed by atoms with Crippen LogP contribution in [0.15, 0.2) is 0 Å². The van der Waals surface area contributed by atoms with Gasteiger partial charge in [0.05, 0.1) is 24.7 Å². The van der Waals surface area contributed by atoms with Crippen LogP contribution in [0, 0.1) is 5.92 Å². The molecule has 2 rings (SSSR count). The van der Waals surface area contributed by atoms with Crippen molar-refractivity contribution in [1.82, 2.24) is 10.6 Å². The monoisotopic (exact) mass is 276 g/mol. The lowest BCUT2D eigenvalue weighted by Crippen LogP contribution is -2.48. The third kappa shape index (κ3) is 4.22. The van der Waals surface area contributed by atoms with E-state index >= 15 is 0 Å². The number of amides is 1. The Hall–Kier alpha value is -0.660. The third-order valence-electron chi connectivity index (χ3n) is 3.34. The molecule has 0 radical (unpaired) electrons. The number of ether oxygens (including phenoxy) is 1. The standard InChI is InChI=1S/C11H20N2O4S/c14-11(5-9-1-4-18(15,16)8-9)13-6-10-7-17-3-2-12-10/h9-10,12H,1-8H2,(H,13,14). The van der Waals surface area contributed by atoms with E-state index in [1.54, 1.807) is 0 Å². The minimum atomic E-state index is -2.89. The first-order valence-electron chi connectivity index (χ1n) is 6.33. The van der Waals surface area contributed by atoms with Crippen molar-refractivity contribution < 1.29 is 17.9 Å². The summed E-state index contributed by atoms with van der Waals surface area (Å²) in [6.45, 7) is 2.67. The molecule has 2 aliphatic heterocycles. The second-order valence-electron chi connectivity index (χ2n) is 5.00. The minimum absolute atomic E-state index is 0.00874. The van der Waals surface area contributed by atoms with Crippen LogP contribution in [0.25, 0.3) is 0 Å². The Morgan fingerprint density at radius 2 is 2.28 bits per heavy atom. The van der Waals surface area contributed by atoms with Crippen LogP contribution in [0.4, 0.5) is 0 Å². The lowest BCUT2D eigenvalue weighted by molar-refractivity contribution is -0.122. The van der Waals surface area contributed by atoms with Gasteiger partial charge in [-0.15, -0.1) is 0 Å². The zero-order chi connectivity index (χ0) is 13.0. The van der Waals surface area contributed by atoms with Crippen LogP contribution in [0.5, 0.6) is 0 Å². The fourth-order valence-corrected chi connectivity index (χ4v) is 4.22. The van der Waals surface area contributed by atoms with E-state index in [0.29, 0.717) is 32.6 Å². The van der Waals surface area contributed by atoms with Crippen LogP contribution in [-0.2, 0) is 19.4 Å². The van der Waals surface area contributed by atoms with Gasteiger partial charge in [0.2, 0.25) is 5.91 Å². The highest BCUT2D eigenvalue weighted by atomic mass is 32.2. The quantitative estimate of drug-likeness (QED) is 0.682. The van der Waals surface area contributed by atoms with Gasteiger partial charge in [0, 0.05) is 25.6 Å². The van der Waals surface area contributed by atoms with Crippen LogP contribution < -0.4 is 10.6 Å². The fourth-order valence-electron chi connectivity index (χ4n) is 2.36. The van der Waals surface area contributed by atoms with E-state index < -0.39 is 9.84 Å². The molecule has 2 N–H and O–H groups in total. The normalized spacial score (nSPS) is 31.1. The summed E-state index contributed by atoms with van der Waals surface area (Å²) in [5.41, 5.74) is 0. The number of carbonyl (C=O) groups is 1. The van der Waals surface area contributed by atoms with Crippen molar-refractivity contribution in [3.8, 4) is 0 Å². The zero-order valence-electron chi connectivity index (χ0n) is 10.4. The number of hydrogen-bond acceptors (Lipinski definition) is 5. The molecular weight excluding hydrogens is 256 g/mol. The van der Waals surface area contributed by atoms with Crippen molar-refractivity contribution in [3.05, 3.63) is 0 Å². The van der Waals surface area contributed by atoms with E-state index in [9.17, 15) is 13.2 Å². The maximum absolute atomic E-state index is 11.7. The molecule has 0 saturated carbocycles. The second-order valence-corrected chi connectivity index (χ2v) is 7.23. The highest BCUT2D eigenvalue weighted by Crippen LogP contribution is 2.21. The average Bonchev–Trinajstić information content (AvgIpc) is 2.67. The minimum Gasteiger partial charge on any atom is -0.378 e. The summed E-state index contributed by atoms with van der Waals surface area (Å²) < 4.78 is 27.8. The summed E-state index contributed by atoms with van der Waals surface area (Å²) in [6, 6.07) is 0.162. The number of carbonyl (C=O) groups excluding carboxylic acids is 1. The number of nitrogens with one attached hydrogen (secondary N) is 2. The second kappa shape index (κ2) is 5.99. The highest BCUT2D eigenvalue weighted by Gasteiger charge is 2.29. The molecule has 0 aromatic rings. The topological polar surface area (TPSA) is 84.5 Å². The molecule has 2 fully saturated rings. The molecule has 2 atom stereocenters. The van der Waals surface area contributed by atoms with Crippen molar-refractivity contribution >= 4 is 15.7 Å². The first kappa shape index (κ1) is 13.8. The molecule has 2 unspecified atom stereocenters. The molecule has 2 aliphatic rings. The Balaban J connectivity index is 1.66. The predicted octanol–water partition coefficient (Wildman–Crippen LogP) is -1.08. The van der Waals surface area contributed by atoms with Gasteiger partial charge < -0.3 is 15.4 Å². The summed E-state index contributed by atoms with van der Waals surface area (Å²) >= 11 is 0. The third-order valence-corrected chi connectivity index (χ3v) is 5.18. The van der Waals surface area contributed by atoms with Crippen LogP contribution in [0.1, 0.15) is 12.8 Å². The van der Waals surface area contributed by atoms with Gasteiger partial charge in [-0.3, -0.25) is 4.79 Å². The van der Waals surface area contributed by atoms with Gasteiger partial charge >= 0.3 is 0 Å². The van der Waals surface area contributed by atoms with Crippen molar-refractivity contribution in [2.24, 2.45) is 5.92 Å². The molecule has 18 heavy (non-hydrogen) atoms. The first-order chi connectivity index (χ1) is 8.55. The molecule has 7 heteroatoms. The van der Waals surface area contributed by atoms with E-state index in [-0.39, 0.29) is 29.4 Å². The van der Waals surface area contributed by atoms with Crippen LogP contribution in [-0.4, -0.2) is 58.2 Å². The lowest BCUT2D eigenvalue weighted by atomic mass is 10.1. The molecule has 104 valence electrons. The Kier molecular flexibility index (Phi) is 4.58. The molecule has 0 aromatic carbocycles. The molecule has 1 amide bonds. The first-order valence-corrected chi connectivity index (χ1v) is 8.15. The van der Waals surface area contributed by atoms with E-state index in [4.69, 9.17) is 4.74 Å². The summed E-state index contributed by atoms with van der Waals surface area (Å²) in [4.78, 5) is 11.7. The van der Waals surface area contributed by atoms with Gasteiger partial charge in [0.1, 0.15) is 0 Å². The van der Waals surface area contributed by atoms with Crippen molar-refractivity contribution in [2.45, 2.75) is 18.9 Å². The van der Waals surface area contributed by atoms with E-state index in [0.717, 1.165) is 6.54 Å². The van der Waals surface area contributed by atoms with Gasteiger partial charge in [-0.25, -0.2) is 8.42 Å². The molecular formula is C11H20N2O4S. The molecule has 0 aliphatic carbocycles. The zero-order valence-corrected chi connectivity index (χ0v) is 11.2. The molecule has 0 spiro atoms. The van der Waals surface area contributed by atoms with Gasteiger partial charge in [-0.1, -0.05) is 0 Å². The van der Waals surface area contributed by atoms with Crippen molar-refractivity contribution in [2.75, 3.05) is 37.8 Å². The molecule has 2 heterocycles. The smallest absolute Gasteiger partial charge is 0.220 e. The van der Waals surface area contributed by atoms with E-state index in [1.807, 2.05) is 0 Å².